The SMILES string of the molecule is CSCCC(C)NC(=O)N1CCC2CCC(C1)N2C. The molecule has 2 rings (SSSR count). The molecule has 0 aliphatic carbocycles. The highest BCUT2D eigenvalue weighted by molar-refractivity contribution is 7.98. The number of thioether (sulfide) groups is 1. The van der Waals surface area contributed by atoms with Crippen molar-refractivity contribution in [2.24, 2.45) is 0 Å². The maximum Gasteiger partial charge on any atom is 0.317 e. The zero-order chi connectivity index (χ0) is 13.8. The van der Waals surface area contributed by atoms with Gasteiger partial charge in [-0.3, -0.25) is 4.90 Å². The van der Waals surface area contributed by atoms with Gasteiger partial charge in [-0.2, -0.15) is 11.8 Å². The maximum absolute atomic E-state index is 12.3. The zero-order valence-electron chi connectivity index (χ0n) is 12.4. The Morgan fingerprint density at radius 2 is 2.11 bits per heavy atom. The molecule has 2 heterocycles. The van der Waals surface area contributed by atoms with E-state index in [0.29, 0.717) is 12.1 Å². The van der Waals surface area contributed by atoms with Gasteiger partial charge in [-0.25, -0.2) is 4.79 Å². The molecule has 0 aromatic rings. The van der Waals surface area contributed by atoms with E-state index in [1.807, 2.05) is 16.7 Å². The van der Waals surface area contributed by atoms with E-state index in [1.54, 1.807) is 0 Å². The molecule has 0 spiro atoms. The van der Waals surface area contributed by atoms with Crippen LogP contribution < -0.4 is 5.32 Å². The molecule has 0 radical (unpaired) electrons. The van der Waals surface area contributed by atoms with E-state index in [0.717, 1.165) is 31.7 Å². The second-order valence-electron chi connectivity index (χ2n) is 5.92. The Morgan fingerprint density at radius 1 is 1.37 bits per heavy atom. The number of likely N-dealkylation sites (N-methyl/N-ethyl adjacent to an activating group) is 1. The molecule has 3 unspecified atom stereocenters. The van der Waals surface area contributed by atoms with Crippen molar-refractivity contribution in [2.45, 2.75) is 50.7 Å². The van der Waals surface area contributed by atoms with Crippen molar-refractivity contribution in [3.05, 3.63) is 0 Å². The Labute approximate surface area is 121 Å². The standard InChI is InChI=1S/C14H27N3OS/c1-11(7-9-19-3)15-14(18)17-8-6-12-4-5-13(10-17)16(12)2/h11-13H,4-10H2,1-3H3,(H,15,18). The van der Waals surface area contributed by atoms with Gasteiger partial charge in [0.1, 0.15) is 0 Å². The molecule has 2 aliphatic heterocycles. The highest BCUT2D eigenvalue weighted by Gasteiger charge is 2.36. The molecule has 19 heavy (non-hydrogen) atoms. The Hall–Kier alpha value is -0.420. The van der Waals surface area contributed by atoms with Crippen LogP contribution in [0.2, 0.25) is 0 Å². The molecular formula is C14H27N3OS. The van der Waals surface area contributed by atoms with Gasteiger partial charge in [0.05, 0.1) is 0 Å². The lowest BCUT2D eigenvalue weighted by molar-refractivity contribution is 0.185. The summed E-state index contributed by atoms with van der Waals surface area (Å²) in [7, 11) is 2.21. The number of carbonyl (C=O) groups is 1. The third kappa shape index (κ3) is 3.78. The highest BCUT2D eigenvalue weighted by atomic mass is 32.2. The van der Waals surface area contributed by atoms with Gasteiger partial charge in [-0.05, 0) is 51.7 Å². The lowest BCUT2D eigenvalue weighted by atomic mass is 10.1. The molecule has 5 heteroatoms. The fourth-order valence-corrected chi connectivity index (χ4v) is 3.75. The Morgan fingerprint density at radius 3 is 2.84 bits per heavy atom. The van der Waals surface area contributed by atoms with E-state index in [2.05, 4.69) is 30.4 Å². The molecule has 2 fully saturated rings. The van der Waals surface area contributed by atoms with Crippen molar-refractivity contribution in [3.8, 4) is 0 Å². The number of carbonyl (C=O) groups excluding carboxylic acids is 1. The van der Waals surface area contributed by atoms with E-state index in [1.165, 1.54) is 12.8 Å². The molecule has 2 aliphatic rings. The number of urea groups is 1. The number of nitrogens with one attached hydrogen (secondary N) is 1. The predicted molar refractivity (Wildman–Crippen MR) is 81.8 cm³/mol. The van der Waals surface area contributed by atoms with Crippen LogP contribution in [0, 0.1) is 0 Å². The van der Waals surface area contributed by atoms with Crippen LogP contribution in [0.5, 0.6) is 0 Å². The molecule has 0 saturated carbocycles. The molecule has 4 nitrogen and oxygen atoms in total. The van der Waals surface area contributed by atoms with E-state index in [4.69, 9.17) is 0 Å². The quantitative estimate of drug-likeness (QED) is 0.858. The van der Waals surface area contributed by atoms with E-state index >= 15 is 0 Å². The Balaban J connectivity index is 1.83. The Kier molecular flexibility index (Phi) is 5.39. The van der Waals surface area contributed by atoms with Crippen molar-refractivity contribution in [3.63, 3.8) is 0 Å². The monoisotopic (exact) mass is 285 g/mol. The lowest BCUT2D eigenvalue weighted by Crippen LogP contribution is -2.47. The van der Waals surface area contributed by atoms with E-state index < -0.39 is 0 Å². The molecule has 1 N–H and O–H groups in total. The molecular weight excluding hydrogens is 258 g/mol. The van der Waals surface area contributed by atoms with Crippen LogP contribution in [-0.4, -0.2) is 66.1 Å². The van der Waals surface area contributed by atoms with Crippen molar-refractivity contribution in [2.75, 3.05) is 32.1 Å². The summed E-state index contributed by atoms with van der Waals surface area (Å²) in [5.74, 6) is 1.11. The fourth-order valence-electron chi connectivity index (χ4n) is 3.16. The smallest absolute Gasteiger partial charge is 0.317 e. The van der Waals surface area contributed by atoms with Gasteiger partial charge < -0.3 is 10.2 Å². The third-order valence-electron chi connectivity index (χ3n) is 4.56. The summed E-state index contributed by atoms with van der Waals surface area (Å²) in [6, 6.07) is 1.67. The van der Waals surface area contributed by atoms with Gasteiger partial charge in [-0.15, -0.1) is 0 Å². The minimum absolute atomic E-state index is 0.134. The van der Waals surface area contributed by atoms with Crippen LogP contribution in [0.1, 0.15) is 32.6 Å². The third-order valence-corrected chi connectivity index (χ3v) is 5.20. The summed E-state index contributed by atoms with van der Waals surface area (Å²) < 4.78 is 0. The first-order chi connectivity index (χ1) is 9.11. The molecule has 2 bridgehead atoms. The van der Waals surface area contributed by atoms with E-state index in [9.17, 15) is 4.79 Å². The van der Waals surface area contributed by atoms with Crippen LogP contribution in [0.4, 0.5) is 4.79 Å². The van der Waals surface area contributed by atoms with Crippen LogP contribution in [0.25, 0.3) is 0 Å². The number of hydrogen-bond acceptors (Lipinski definition) is 3. The second-order valence-corrected chi connectivity index (χ2v) is 6.90. The van der Waals surface area contributed by atoms with Gasteiger partial charge in [-0.1, -0.05) is 0 Å². The first-order valence-electron chi connectivity index (χ1n) is 7.38. The molecule has 0 aromatic heterocycles. The summed E-state index contributed by atoms with van der Waals surface area (Å²) in [5, 5.41) is 3.14. The first-order valence-corrected chi connectivity index (χ1v) is 8.77. The zero-order valence-corrected chi connectivity index (χ0v) is 13.2. The largest absolute Gasteiger partial charge is 0.336 e. The normalized spacial score (nSPS) is 29.1. The van der Waals surface area contributed by atoms with Crippen molar-refractivity contribution >= 4 is 17.8 Å². The molecule has 0 aromatic carbocycles. The summed E-state index contributed by atoms with van der Waals surface area (Å²) in [6.07, 6.45) is 6.83. The minimum atomic E-state index is 0.134. The Bertz CT molecular complexity index is 313. The van der Waals surface area contributed by atoms with Gasteiger partial charge >= 0.3 is 6.03 Å². The van der Waals surface area contributed by atoms with Crippen LogP contribution in [0.15, 0.2) is 0 Å². The van der Waals surface area contributed by atoms with Crippen LogP contribution in [-0.2, 0) is 0 Å². The number of amides is 2. The summed E-state index contributed by atoms with van der Waals surface area (Å²) >= 11 is 1.83. The summed E-state index contributed by atoms with van der Waals surface area (Å²) in [4.78, 5) is 16.8. The number of hydrogen-bond donors (Lipinski definition) is 1. The average molecular weight is 285 g/mol. The lowest BCUT2D eigenvalue weighted by Gasteiger charge is -2.27. The van der Waals surface area contributed by atoms with Crippen molar-refractivity contribution < 1.29 is 4.79 Å². The summed E-state index contributed by atoms with van der Waals surface area (Å²) in [5.41, 5.74) is 0. The predicted octanol–water partition coefficient (Wildman–Crippen LogP) is 2.01. The fraction of sp³-hybridized carbons (Fsp3) is 0.929. The molecule has 110 valence electrons. The van der Waals surface area contributed by atoms with Gasteiger partial charge in [0, 0.05) is 31.2 Å². The van der Waals surface area contributed by atoms with Crippen LogP contribution >= 0.6 is 11.8 Å². The molecule has 2 saturated heterocycles. The van der Waals surface area contributed by atoms with Crippen LogP contribution in [0.3, 0.4) is 0 Å². The molecule has 2 amide bonds. The van der Waals surface area contributed by atoms with Gasteiger partial charge in [0.15, 0.2) is 0 Å². The topological polar surface area (TPSA) is 35.6 Å². The first kappa shape index (κ1) is 15.0. The second kappa shape index (κ2) is 6.84. The number of fused-ring (bicyclic) bond motifs is 2. The summed E-state index contributed by atoms with van der Waals surface area (Å²) in [6.45, 7) is 3.91. The number of rotatable bonds is 4. The average Bonchev–Trinajstić information content (AvgIpc) is 2.60. The molecule has 3 atom stereocenters. The minimum Gasteiger partial charge on any atom is -0.336 e. The highest BCUT2D eigenvalue weighted by Crippen LogP contribution is 2.28. The van der Waals surface area contributed by atoms with Gasteiger partial charge in [0.25, 0.3) is 0 Å². The number of nitrogens with zero attached hydrogens (tertiary/aromatic N) is 2. The maximum atomic E-state index is 12.3. The van der Waals surface area contributed by atoms with E-state index in [-0.39, 0.29) is 12.1 Å². The van der Waals surface area contributed by atoms with Crippen molar-refractivity contribution in [1.29, 1.82) is 0 Å². The van der Waals surface area contributed by atoms with Gasteiger partial charge in [0.2, 0.25) is 0 Å². The van der Waals surface area contributed by atoms with Crippen molar-refractivity contribution in [1.82, 2.24) is 15.1 Å². The number of likely N-dealkylation sites (tertiary alicyclic amines) is 1.